The van der Waals surface area contributed by atoms with Crippen LogP contribution in [0.25, 0.3) is 11.0 Å². The summed E-state index contributed by atoms with van der Waals surface area (Å²) in [5, 5.41) is 0.461. The quantitative estimate of drug-likeness (QED) is 0.765. The Morgan fingerprint density at radius 1 is 1.38 bits per heavy atom. The molecule has 1 saturated carbocycles. The number of nitrogens with zero attached hydrogens (tertiary/aromatic N) is 2. The third-order valence-corrected chi connectivity index (χ3v) is 5.50. The molecule has 2 atom stereocenters. The van der Waals surface area contributed by atoms with Gasteiger partial charge in [-0.05, 0) is 25.2 Å². The number of aryl methyl sites for hydroxylation is 1. The minimum atomic E-state index is -0.599. The Balaban J connectivity index is 2.20. The molecule has 21 heavy (non-hydrogen) atoms. The smallest absolute Gasteiger partial charge is 0.153 e. The van der Waals surface area contributed by atoms with Crippen molar-refractivity contribution >= 4 is 34.4 Å². The summed E-state index contributed by atoms with van der Waals surface area (Å²) in [6.45, 7) is 0. The van der Waals surface area contributed by atoms with Crippen LogP contribution in [0.15, 0.2) is 12.1 Å². The van der Waals surface area contributed by atoms with Gasteiger partial charge in [0.2, 0.25) is 0 Å². The van der Waals surface area contributed by atoms with Crippen LogP contribution in [-0.4, -0.2) is 26.9 Å². The van der Waals surface area contributed by atoms with Gasteiger partial charge >= 0.3 is 0 Å². The van der Waals surface area contributed by atoms with E-state index in [0.717, 1.165) is 31.2 Å². The van der Waals surface area contributed by atoms with Gasteiger partial charge in [0, 0.05) is 29.7 Å². The highest BCUT2D eigenvalue weighted by Crippen LogP contribution is 2.40. The molecule has 114 valence electrons. The number of fused-ring (bicyclic) bond motifs is 1. The highest BCUT2D eigenvalue weighted by Gasteiger charge is 2.31. The van der Waals surface area contributed by atoms with E-state index in [4.69, 9.17) is 11.6 Å². The molecule has 2 nitrogen and oxygen atoms in total. The molecule has 1 fully saturated rings. The molecule has 2 aromatic rings. The number of halogens is 3. The number of imidazole rings is 1. The Bertz CT molecular complexity index is 659. The second-order valence-corrected chi connectivity index (χ2v) is 6.82. The predicted molar refractivity (Wildman–Crippen MR) is 84.3 cm³/mol. The van der Waals surface area contributed by atoms with Crippen molar-refractivity contribution < 1.29 is 8.78 Å². The third kappa shape index (κ3) is 2.66. The number of rotatable bonds is 4. The van der Waals surface area contributed by atoms with E-state index in [1.54, 1.807) is 0 Å². The fraction of sp³-hybridized carbons (Fsp3) is 0.533. The van der Waals surface area contributed by atoms with Gasteiger partial charge in [0.1, 0.15) is 17.2 Å². The molecular weight excluding hydrogens is 314 g/mol. The molecule has 0 bridgehead atoms. The summed E-state index contributed by atoms with van der Waals surface area (Å²) >= 11 is 7.67. The first-order valence-corrected chi connectivity index (χ1v) is 8.92. The molecular formula is C15H17ClF2N2S. The van der Waals surface area contributed by atoms with Crippen LogP contribution in [0.4, 0.5) is 8.78 Å². The van der Waals surface area contributed by atoms with Crippen molar-refractivity contribution in [2.75, 3.05) is 12.1 Å². The molecule has 0 saturated heterocycles. The van der Waals surface area contributed by atoms with Gasteiger partial charge in [0.25, 0.3) is 0 Å². The number of hydrogen-bond acceptors (Lipinski definition) is 2. The van der Waals surface area contributed by atoms with Gasteiger partial charge in [0.15, 0.2) is 5.82 Å². The molecule has 1 aromatic heterocycles. The lowest BCUT2D eigenvalue weighted by Crippen LogP contribution is -2.18. The van der Waals surface area contributed by atoms with Gasteiger partial charge in [0.05, 0.1) is 5.52 Å². The molecule has 1 aliphatic carbocycles. The molecule has 0 aliphatic heterocycles. The van der Waals surface area contributed by atoms with E-state index in [1.165, 1.54) is 6.07 Å². The van der Waals surface area contributed by atoms with E-state index in [1.807, 2.05) is 16.3 Å². The van der Waals surface area contributed by atoms with Crippen molar-refractivity contribution in [3.8, 4) is 0 Å². The lowest BCUT2D eigenvalue weighted by atomic mass is 10.2. The van der Waals surface area contributed by atoms with Crippen LogP contribution in [0.5, 0.6) is 0 Å². The van der Waals surface area contributed by atoms with E-state index >= 15 is 0 Å². The number of aromatic nitrogens is 2. The van der Waals surface area contributed by atoms with Crippen LogP contribution >= 0.6 is 23.4 Å². The number of alkyl halides is 1. The number of benzene rings is 1. The SMILES string of the molecule is CSC1CCCC1n1c(CCCl)nc2c(F)cc(F)cc21. The van der Waals surface area contributed by atoms with Crippen LogP contribution in [0.3, 0.4) is 0 Å². The van der Waals surface area contributed by atoms with Crippen molar-refractivity contribution in [3.05, 3.63) is 29.6 Å². The zero-order valence-corrected chi connectivity index (χ0v) is 13.4. The molecule has 2 unspecified atom stereocenters. The highest BCUT2D eigenvalue weighted by atomic mass is 35.5. The molecule has 1 heterocycles. The van der Waals surface area contributed by atoms with E-state index in [2.05, 4.69) is 11.2 Å². The fourth-order valence-corrected chi connectivity index (χ4v) is 4.42. The summed E-state index contributed by atoms with van der Waals surface area (Å²) < 4.78 is 29.6. The summed E-state index contributed by atoms with van der Waals surface area (Å²) in [4.78, 5) is 4.38. The van der Waals surface area contributed by atoms with Crippen molar-refractivity contribution in [2.24, 2.45) is 0 Å². The molecule has 3 rings (SSSR count). The zero-order chi connectivity index (χ0) is 15.0. The molecule has 1 aromatic carbocycles. The van der Waals surface area contributed by atoms with Crippen molar-refractivity contribution in [2.45, 2.75) is 37.0 Å². The van der Waals surface area contributed by atoms with Gasteiger partial charge in [-0.3, -0.25) is 0 Å². The Kier molecular flexibility index (Phi) is 4.41. The topological polar surface area (TPSA) is 17.8 Å². The van der Waals surface area contributed by atoms with Gasteiger partial charge in [-0.1, -0.05) is 6.42 Å². The first kappa shape index (κ1) is 15.1. The van der Waals surface area contributed by atoms with Gasteiger partial charge < -0.3 is 4.57 Å². The second-order valence-electron chi connectivity index (χ2n) is 5.36. The summed E-state index contributed by atoms with van der Waals surface area (Å²) in [7, 11) is 0. The minimum Gasteiger partial charge on any atom is -0.324 e. The molecule has 0 radical (unpaired) electrons. The largest absolute Gasteiger partial charge is 0.324 e. The average Bonchev–Trinajstić information content (AvgIpc) is 3.02. The van der Waals surface area contributed by atoms with Crippen LogP contribution in [0.1, 0.15) is 31.1 Å². The number of hydrogen-bond donors (Lipinski definition) is 0. The summed E-state index contributed by atoms with van der Waals surface area (Å²) in [6.07, 6.45) is 5.93. The highest BCUT2D eigenvalue weighted by molar-refractivity contribution is 7.99. The zero-order valence-electron chi connectivity index (χ0n) is 11.8. The summed E-state index contributed by atoms with van der Waals surface area (Å²) in [5.41, 5.74) is 0.807. The van der Waals surface area contributed by atoms with Crippen molar-refractivity contribution in [3.63, 3.8) is 0 Å². The normalized spacial score (nSPS) is 22.3. The maximum absolute atomic E-state index is 14.0. The average molecular weight is 331 g/mol. The van der Waals surface area contributed by atoms with Gasteiger partial charge in [-0.2, -0.15) is 11.8 Å². The van der Waals surface area contributed by atoms with Crippen LogP contribution in [0.2, 0.25) is 0 Å². The van der Waals surface area contributed by atoms with Crippen LogP contribution in [-0.2, 0) is 6.42 Å². The first-order chi connectivity index (χ1) is 10.2. The molecule has 1 aliphatic rings. The summed E-state index contributed by atoms with van der Waals surface area (Å²) in [6, 6.07) is 2.52. The standard InChI is InChI=1S/C15H17ClF2N2S/c1-21-13-4-2-3-11(13)20-12-8-9(17)7-10(18)15(12)19-14(20)5-6-16/h7-8,11,13H,2-6H2,1H3. The lowest BCUT2D eigenvalue weighted by Gasteiger charge is -2.22. The maximum Gasteiger partial charge on any atom is 0.153 e. The van der Waals surface area contributed by atoms with E-state index < -0.39 is 11.6 Å². The number of thioether (sulfide) groups is 1. The van der Waals surface area contributed by atoms with Crippen molar-refractivity contribution in [1.29, 1.82) is 0 Å². The minimum absolute atomic E-state index is 0.240. The predicted octanol–water partition coefficient (Wildman–Crippen LogP) is 4.55. The molecule has 0 N–H and O–H groups in total. The Morgan fingerprint density at radius 3 is 2.90 bits per heavy atom. The fourth-order valence-electron chi connectivity index (χ4n) is 3.28. The van der Waals surface area contributed by atoms with Gasteiger partial charge in [-0.25, -0.2) is 13.8 Å². The van der Waals surface area contributed by atoms with E-state index in [-0.39, 0.29) is 11.6 Å². The Labute approximate surface area is 131 Å². The summed E-state index contributed by atoms with van der Waals surface area (Å²) in [5.74, 6) is 0.0235. The second kappa shape index (κ2) is 6.13. The van der Waals surface area contributed by atoms with Gasteiger partial charge in [-0.15, -0.1) is 11.6 Å². The Hall–Kier alpha value is -0.810. The van der Waals surface area contributed by atoms with Crippen molar-refractivity contribution in [1.82, 2.24) is 9.55 Å². The molecule has 0 amide bonds. The third-order valence-electron chi connectivity index (χ3n) is 4.16. The Morgan fingerprint density at radius 2 is 2.19 bits per heavy atom. The van der Waals surface area contributed by atoms with Crippen LogP contribution in [0, 0.1) is 11.6 Å². The maximum atomic E-state index is 14.0. The monoisotopic (exact) mass is 330 g/mol. The van der Waals surface area contributed by atoms with Crippen LogP contribution < -0.4 is 0 Å². The molecule has 0 spiro atoms. The molecule has 6 heteroatoms. The van der Waals surface area contributed by atoms with E-state index in [0.29, 0.717) is 23.1 Å². The first-order valence-electron chi connectivity index (χ1n) is 7.10. The lowest BCUT2D eigenvalue weighted by molar-refractivity contribution is 0.521. The van der Waals surface area contributed by atoms with E-state index in [9.17, 15) is 8.78 Å².